The van der Waals surface area contributed by atoms with Crippen molar-refractivity contribution in [2.75, 3.05) is 16.4 Å². The minimum absolute atomic E-state index is 0.0962. The van der Waals surface area contributed by atoms with Crippen LogP contribution in [0.15, 0.2) is 47.6 Å². The second kappa shape index (κ2) is 12.1. The second-order valence-electron chi connectivity index (χ2n) is 9.34. The number of ether oxygens (including phenoxy) is 1. The smallest absolute Gasteiger partial charge is 0.234 e. The van der Waals surface area contributed by atoms with E-state index < -0.39 is 0 Å². The van der Waals surface area contributed by atoms with Crippen molar-refractivity contribution in [2.45, 2.75) is 71.7 Å². The Morgan fingerprint density at radius 3 is 2.28 bits per heavy atom. The average Bonchev–Trinajstić information content (AvgIpc) is 3.24. The second-order valence-corrected chi connectivity index (χ2v) is 10.3. The summed E-state index contributed by atoms with van der Waals surface area (Å²) in [6.45, 7) is 13.7. The third-order valence-corrected chi connectivity index (χ3v) is 6.53. The topological polar surface area (TPSA) is 98.1 Å². The minimum Gasteiger partial charge on any atom is -0.483 e. The van der Waals surface area contributed by atoms with Crippen LogP contribution in [0.25, 0.3) is 0 Å². The molecule has 0 aliphatic rings. The van der Waals surface area contributed by atoms with Crippen LogP contribution >= 0.6 is 11.8 Å². The Bertz CT molecular complexity index is 1200. The number of nitrogens with zero attached hydrogens (tertiary/aromatic N) is 3. The van der Waals surface area contributed by atoms with Crippen LogP contribution in [0.5, 0.6) is 5.75 Å². The number of amides is 2. The number of anilines is 2. The van der Waals surface area contributed by atoms with Gasteiger partial charge in [0.25, 0.3) is 0 Å². The van der Waals surface area contributed by atoms with E-state index in [2.05, 4.69) is 60.7 Å². The first-order valence-electron chi connectivity index (χ1n) is 12.1. The molecule has 3 rings (SSSR count). The van der Waals surface area contributed by atoms with E-state index in [4.69, 9.17) is 4.74 Å². The summed E-state index contributed by atoms with van der Waals surface area (Å²) in [6, 6.07) is 13.6. The number of carbonyl (C=O) groups is 2. The highest BCUT2D eigenvalue weighted by Gasteiger charge is 2.22. The van der Waals surface area contributed by atoms with Crippen molar-refractivity contribution >= 4 is 35.0 Å². The molecule has 3 aromatic rings. The van der Waals surface area contributed by atoms with E-state index in [1.54, 1.807) is 12.1 Å². The fourth-order valence-corrected chi connectivity index (χ4v) is 4.61. The van der Waals surface area contributed by atoms with Gasteiger partial charge in [0.15, 0.2) is 17.1 Å². The summed E-state index contributed by atoms with van der Waals surface area (Å²) in [4.78, 5) is 23.9. The molecule has 0 bridgehead atoms. The molecular formula is C27H35N5O3S. The molecule has 1 heterocycles. The molecule has 2 N–H and O–H groups in total. The van der Waals surface area contributed by atoms with Gasteiger partial charge in [-0.1, -0.05) is 37.7 Å². The molecule has 1 atom stereocenters. The number of carbonyl (C=O) groups excluding carboxylic acids is 2. The van der Waals surface area contributed by atoms with Gasteiger partial charge in [-0.25, -0.2) is 0 Å². The zero-order chi connectivity index (χ0) is 26.4. The Labute approximate surface area is 217 Å². The molecule has 8 nitrogen and oxygen atoms in total. The van der Waals surface area contributed by atoms with Crippen molar-refractivity contribution in [2.24, 2.45) is 0 Å². The number of aromatic nitrogens is 3. The van der Waals surface area contributed by atoms with E-state index in [0.717, 1.165) is 17.0 Å². The van der Waals surface area contributed by atoms with E-state index >= 15 is 0 Å². The van der Waals surface area contributed by atoms with Gasteiger partial charge in [0.2, 0.25) is 11.8 Å². The van der Waals surface area contributed by atoms with Gasteiger partial charge in [-0.3, -0.25) is 9.59 Å². The Hall–Kier alpha value is -3.33. The van der Waals surface area contributed by atoms with E-state index in [1.165, 1.54) is 24.2 Å². The predicted molar refractivity (Wildman–Crippen MR) is 145 cm³/mol. The Kier molecular flexibility index (Phi) is 9.14. The first-order valence-corrected chi connectivity index (χ1v) is 13.1. The summed E-state index contributed by atoms with van der Waals surface area (Å²) in [5.41, 5.74) is 3.52. The molecule has 0 aliphatic carbocycles. The van der Waals surface area contributed by atoms with Gasteiger partial charge in [-0.15, -0.1) is 10.2 Å². The predicted octanol–water partition coefficient (Wildman–Crippen LogP) is 6.12. The molecule has 0 fully saturated rings. The monoisotopic (exact) mass is 509 g/mol. The number of nitrogens with one attached hydrogen (secondary N) is 2. The normalized spacial score (nSPS) is 12.0. The van der Waals surface area contributed by atoms with Crippen LogP contribution in [0.3, 0.4) is 0 Å². The van der Waals surface area contributed by atoms with Gasteiger partial charge in [-0.2, -0.15) is 0 Å². The van der Waals surface area contributed by atoms with Gasteiger partial charge in [0, 0.05) is 24.3 Å². The first-order chi connectivity index (χ1) is 17.0. The lowest BCUT2D eigenvalue weighted by Gasteiger charge is -2.19. The SMILES string of the molecule is CC(=O)Nc1ccc(NC(=O)CSc2nnc(C(C)Oc3ccc(C(C)C)cc3)n2C(C)C)cc1C. The largest absolute Gasteiger partial charge is 0.483 e. The quantitative estimate of drug-likeness (QED) is 0.320. The van der Waals surface area contributed by atoms with Gasteiger partial charge in [0.1, 0.15) is 5.75 Å². The third kappa shape index (κ3) is 7.10. The van der Waals surface area contributed by atoms with Crippen molar-refractivity contribution in [1.82, 2.24) is 14.8 Å². The number of rotatable bonds is 10. The Morgan fingerprint density at radius 2 is 1.69 bits per heavy atom. The molecule has 9 heteroatoms. The van der Waals surface area contributed by atoms with Crippen molar-refractivity contribution < 1.29 is 14.3 Å². The molecule has 2 amide bonds. The molecule has 0 aliphatic heterocycles. The van der Waals surface area contributed by atoms with Crippen LogP contribution in [-0.2, 0) is 9.59 Å². The standard InChI is InChI=1S/C27H35N5O3S/c1-16(2)21-8-11-23(12-9-21)35-19(6)26-30-31-27(32(26)17(3)4)36-15-25(34)29-22-10-13-24(18(5)14-22)28-20(7)33/h8-14,16-17,19H,15H2,1-7H3,(H,28,33)(H,29,34). The molecule has 0 saturated heterocycles. The molecular weight excluding hydrogens is 474 g/mol. The van der Waals surface area contributed by atoms with Crippen LogP contribution in [-0.4, -0.2) is 32.3 Å². The minimum atomic E-state index is -0.307. The molecule has 0 radical (unpaired) electrons. The van der Waals surface area contributed by atoms with E-state index in [-0.39, 0.29) is 29.7 Å². The maximum Gasteiger partial charge on any atom is 0.234 e. The Balaban J connectivity index is 1.64. The van der Waals surface area contributed by atoms with E-state index in [1.807, 2.05) is 36.6 Å². The maximum atomic E-state index is 12.6. The molecule has 2 aromatic carbocycles. The lowest BCUT2D eigenvalue weighted by atomic mass is 10.0. The fourth-order valence-electron chi connectivity index (χ4n) is 3.74. The Morgan fingerprint density at radius 1 is 1.00 bits per heavy atom. The summed E-state index contributed by atoms with van der Waals surface area (Å²) in [5.74, 6) is 1.85. The van der Waals surface area contributed by atoms with Gasteiger partial charge in [-0.05, 0) is 75.1 Å². The molecule has 1 aromatic heterocycles. The number of hydrogen-bond donors (Lipinski definition) is 2. The highest BCUT2D eigenvalue weighted by molar-refractivity contribution is 7.99. The van der Waals surface area contributed by atoms with Gasteiger partial charge < -0.3 is 19.9 Å². The highest BCUT2D eigenvalue weighted by Crippen LogP contribution is 2.28. The summed E-state index contributed by atoms with van der Waals surface area (Å²) in [7, 11) is 0. The van der Waals surface area contributed by atoms with Crippen LogP contribution < -0.4 is 15.4 Å². The molecule has 1 unspecified atom stereocenters. The van der Waals surface area contributed by atoms with Crippen LogP contribution in [0.4, 0.5) is 11.4 Å². The van der Waals surface area contributed by atoms with Crippen molar-refractivity contribution in [3.8, 4) is 5.75 Å². The number of aryl methyl sites for hydroxylation is 1. The van der Waals surface area contributed by atoms with Crippen molar-refractivity contribution in [3.05, 3.63) is 59.4 Å². The summed E-state index contributed by atoms with van der Waals surface area (Å²) < 4.78 is 8.16. The van der Waals surface area contributed by atoms with E-state index in [0.29, 0.717) is 22.6 Å². The molecule has 192 valence electrons. The van der Waals surface area contributed by atoms with Gasteiger partial charge in [0.05, 0.1) is 5.75 Å². The summed E-state index contributed by atoms with van der Waals surface area (Å²) in [5, 5.41) is 15.1. The molecule has 36 heavy (non-hydrogen) atoms. The lowest BCUT2D eigenvalue weighted by molar-refractivity contribution is -0.114. The average molecular weight is 510 g/mol. The van der Waals surface area contributed by atoms with Crippen molar-refractivity contribution in [1.29, 1.82) is 0 Å². The lowest BCUT2D eigenvalue weighted by Crippen LogP contribution is -2.17. The zero-order valence-corrected chi connectivity index (χ0v) is 22.8. The number of hydrogen-bond acceptors (Lipinski definition) is 6. The molecule has 0 saturated carbocycles. The fraction of sp³-hybridized carbons (Fsp3) is 0.407. The van der Waals surface area contributed by atoms with E-state index in [9.17, 15) is 9.59 Å². The van der Waals surface area contributed by atoms with Crippen molar-refractivity contribution in [3.63, 3.8) is 0 Å². The van der Waals surface area contributed by atoms with Crippen LogP contribution in [0, 0.1) is 6.92 Å². The number of thioether (sulfide) groups is 1. The van der Waals surface area contributed by atoms with Crippen LogP contribution in [0.2, 0.25) is 0 Å². The third-order valence-electron chi connectivity index (χ3n) is 5.58. The molecule has 0 spiro atoms. The zero-order valence-electron chi connectivity index (χ0n) is 22.0. The van der Waals surface area contributed by atoms with Crippen LogP contribution in [0.1, 0.15) is 76.6 Å². The number of benzene rings is 2. The highest BCUT2D eigenvalue weighted by atomic mass is 32.2. The maximum absolute atomic E-state index is 12.6. The first kappa shape index (κ1) is 27.3. The van der Waals surface area contributed by atoms with Gasteiger partial charge >= 0.3 is 0 Å². The summed E-state index contributed by atoms with van der Waals surface area (Å²) in [6.07, 6.45) is -0.307. The summed E-state index contributed by atoms with van der Waals surface area (Å²) >= 11 is 1.33.